The molecule has 0 saturated heterocycles. The van der Waals surface area contributed by atoms with Crippen molar-refractivity contribution >= 4 is 57.2 Å². The monoisotopic (exact) mass is 446 g/mol. The molecule has 1 amide bonds. The van der Waals surface area contributed by atoms with Gasteiger partial charge in [-0.2, -0.15) is 5.10 Å². The van der Waals surface area contributed by atoms with Crippen molar-refractivity contribution in [3.05, 3.63) is 74.2 Å². The van der Waals surface area contributed by atoms with Gasteiger partial charge in [-0.05, 0) is 53.8 Å². The second-order valence-electron chi connectivity index (χ2n) is 6.83. The van der Waals surface area contributed by atoms with Crippen LogP contribution in [-0.2, 0) is 17.6 Å². The first-order chi connectivity index (χ1) is 13.9. The molecule has 0 saturated carbocycles. The first kappa shape index (κ1) is 20.0. The molecule has 0 aromatic heterocycles. The van der Waals surface area contributed by atoms with Crippen LogP contribution in [0.4, 0.5) is 0 Å². The molecule has 1 N–H and O–H groups in total. The lowest BCUT2D eigenvalue weighted by Gasteiger charge is -2.11. The summed E-state index contributed by atoms with van der Waals surface area (Å²) in [4.78, 5) is 12.2. The Labute approximate surface area is 183 Å². The van der Waals surface area contributed by atoms with Crippen molar-refractivity contribution in [3.63, 3.8) is 0 Å². The Balaban J connectivity index is 1.47. The number of halogens is 3. The molecule has 3 aromatic rings. The zero-order valence-electron chi connectivity index (χ0n) is 15.6. The molecule has 0 unspecified atom stereocenters. The topological polar surface area (TPSA) is 50.7 Å². The molecule has 148 valence electrons. The molecule has 0 atom stereocenters. The highest BCUT2D eigenvalue weighted by Crippen LogP contribution is 2.36. The Kier molecular flexibility index (Phi) is 5.68. The molecule has 0 spiro atoms. The number of nitrogens with one attached hydrogen (secondary N) is 1. The van der Waals surface area contributed by atoms with Gasteiger partial charge < -0.3 is 4.74 Å². The van der Waals surface area contributed by atoms with Crippen molar-refractivity contribution in [1.29, 1.82) is 0 Å². The first-order valence-corrected chi connectivity index (χ1v) is 10.2. The maximum absolute atomic E-state index is 12.2. The number of ether oxygens (including phenoxy) is 1. The Bertz CT molecular complexity index is 1120. The lowest BCUT2D eigenvalue weighted by Crippen LogP contribution is -2.25. The Morgan fingerprint density at radius 1 is 1.07 bits per heavy atom. The predicted molar refractivity (Wildman–Crippen MR) is 119 cm³/mol. The van der Waals surface area contributed by atoms with Gasteiger partial charge in [-0.3, -0.25) is 4.79 Å². The summed E-state index contributed by atoms with van der Waals surface area (Å²) < 4.78 is 5.43. The minimum absolute atomic E-state index is 0.209. The van der Waals surface area contributed by atoms with Crippen LogP contribution in [-0.4, -0.2) is 18.2 Å². The third-order valence-corrected chi connectivity index (χ3v) is 5.71. The number of rotatable bonds is 5. The fraction of sp³-hybridized carbons (Fsp3) is 0.182. The number of carbonyl (C=O) groups is 1. The summed E-state index contributed by atoms with van der Waals surface area (Å²) in [6, 6.07) is 13.5. The maximum Gasteiger partial charge on any atom is 0.277 e. The van der Waals surface area contributed by atoms with Gasteiger partial charge in [-0.15, -0.1) is 0 Å². The maximum atomic E-state index is 12.2. The van der Waals surface area contributed by atoms with E-state index in [-0.39, 0.29) is 22.4 Å². The molecule has 1 aliphatic rings. The molecule has 0 radical (unpaired) electrons. The minimum atomic E-state index is -0.419. The van der Waals surface area contributed by atoms with Crippen LogP contribution in [0.5, 0.6) is 5.75 Å². The molecule has 3 aromatic carbocycles. The largest absolute Gasteiger partial charge is 0.481 e. The van der Waals surface area contributed by atoms with Gasteiger partial charge in [-0.25, -0.2) is 5.43 Å². The number of hydrogen-bond donors (Lipinski definition) is 1. The molecule has 1 aliphatic carbocycles. The predicted octanol–water partition coefficient (Wildman–Crippen LogP) is 5.82. The standard InChI is InChI=1S/C22H17Cl3N2O2/c1-12(16-8-7-14-6-5-13-3-2-4-17(16)21(13)14)26-27-20(28)11-29-22-18(24)9-15(23)10-19(22)25/h2-4,7-10H,5-6,11H2,1H3,(H,27,28)/b26-12-. The Hall–Kier alpha value is -2.27. The number of benzene rings is 3. The number of hydrazone groups is 1. The summed E-state index contributed by atoms with van der Waals surface area (Å²) in [5, 5.41) is 7.58. The number of nitrogens with zero attached hydrogens (tertiary/aromatic N) is 1. The quantitative estimate of drug-likeness (QED) is 0.396. The summed E-state index contributed by atoms with van der Waals surface area (Å²) in [5.74, 6) is -0.210. The lowest BCUT2D eigenvalue weighted by molar-refractivity contribution is -0.123. The van der Waals surface area contributed by atoms with Crippen molar-refractivity contribution in [3.8, 4) is 5.75 Å². The van der Waals surface area contributed by atoms with Gasteiger partial charge in [0.15, 0.2) is 12.4 Å². The Morgan fingerprint density at radius 3 is 2.48 bits per heavy atom. The number of carbonyl (C=O) groups excluding carboxylic acids is 1. The van der Waals surface area contributed by atoms with E-state index < -0.39 is 5.91 Å². The normalized spacial score (nSPS) is 13.0. The van der Waals surface area contributed by atoms with Crippen molar-refractivity contribution < 1.29 is 9.53 Å². The summed E-state index contributed by atoms with van der Waals surface area (Å²) in [6.07, 6.45) is 2.13. The van der Waals surface area contributed by atoms with Crippen molar-refractivity contribution in [1.82, 2.24) is 5.43 Å². The van der Waals surface area contributed by atoms with E-state index in [1.165, 1.54) is 28.6 Å². The second kappa shape index (κ2) is 8.23. The lowest BCUT2D eigenvalue weighted by atomic mass is 9.98. The van der Waals surface area contributed by atoms with Gasteiger partial charge in [0.2, 0.25) is 0 Å². The van der Waals surface area contributed by atoms with E-state index in [1.807, 2.05) is 6.92 Å². The van der Waals surface area contributed by atoms with E-state index in [9.17, 15) is 4.79 Å². The van der Waals surface area contributed by atoms with Crippen LogP contribution in [0.15, 0.2) is 47.6 Å². The van der Waals surface area contributed by atoms with Crippen LogP contribution in [0.1, 0.15) is 23.6 Å². The fourth-order valence-corrected chi connectivity index (χ4v) is 4.53. The highest BCUT2D eigenvalue weighted by Gasteiger charge is 2.17. The highest BCUT2D eigenvalue weighted by atomic mass is 35.5. The highest BCUT2D eigenvalue weighted by molar-refractivity contribution is 6.40. The molecule has 4 rings (SSSR count). The first-order valence-electron chi connectivity index (χ1n) is 9.08. The molecule has 4 nitrogen and oxygen atoms in total. The number of amides is 1. The molecule has 0 bridgehead atoms. The van der Waals surface area contributed by atoms with E-state index in [0.29, 0.717) is 5.02 Å². The van der Waals surface area contributed by atoms with Crippen LogP contribution in [0, 0.1) is 0 Å². The van der Waals surface area contributed by atoms with Crippen LogP contribution >= 0.6 is 34.8 Å². The number of aryl methyl sites for hydroxylation is 2. The molecular formula is C22H17Cl3N2O2. The van der Waals surface area contributed by atoms with E-state index in [0.717, 1.165) is 29.5 Å². The van der Waals surface area contributed by atoms with Gasteiger partial charge in [-0.1, -0.05) is 65.1 Å². The van der Waals surface area contributed by atoms with Gasteiger partial charge >= 0.3 is 0 Å². The van der Waals surface area contributed by atoms with Crippen LogP contribution in [0.3, 0.4) is 0 Å². The van der Waals surface area contributed by atoms with E-state index in [2.05, 4.69) is 40.9 Å². The van der Waals surface area contributed by atoms with E-state index in [1.54, 1.807) is 0 Å². The Morgan fingerprint density at radius 2 is 1.76 bits per heavy atom. The summed E-state index contributed by atoms with van der Waals surface area (Å²) in [5.41, 5.74) is 6.96. The molecule has 0 fully saturated rings. The molecule has 0 heterocycles. The smallest absolute Gasteiger partial charge is 0.277 e. The van der Waals surface area contributed by atoms with Gasteiger partial charge in [0, 0.05) is 10.6 Å². The SMILES string of the molecule is C/C(=N/NC(=O)COc1c(Cl)cc(Cl)cc1Cl)c1ccc2c3c(cccc13)CC2. The van der Waals surface area contributed by atoms with Crippen molar-refractivity contribution in [2.24, 2.45) is 5.10 Å². The molecule has 0 aliphatic heterocycles. The molecule has 7 heteroatoms. The van der Waals surface area contributed by atoms with Crippen LogP contribution < -0.4 is 10.2 Å². The van der Waals surface area contributed by atoms with E-state index >= 15 is 0 Å². The molecular weight excluding hydrogens is 431 g/mol. The van der Waals surface area contributed by atoms with Gasteiger partial charge in [0.25, 0.3) is 5.91 Å². The average Bonchev–Trinajstić information content (AvgIpc) is 3.10. The minimum Gasteiger partial charge on any atom is -0.481 e. The van der Waals surface area contributed by atoms with Crippen molar-refractivity contribution in [2.75, 3.05) is 6.61 Å². The summed E-state index contributed by atoms with van der Waals surface area (Å²) in [7, 11) is 0. The number of hydrogen-bond acceptors (Lipinski definition) is 3. The third-order valence-electron chi connectivity index (χ3n) is 4.93. The van der Waals surface area contributed by atoms with Crippen LogP contribution in [0.2, 0.25) is 15.1 Å². The average molecular weight is 448 g/mol. The summed E-state index contributed by atoms with van der Waals surface area (Å²) in [6.45, 7) is 1.59. The van der Waals surface area contributed by atoms with Gasteiger partial charge in [0.05, 0.1) is 15.8 Å². The van der Waals surface area contributed by atoms with Gasteiger partial charge in [0.1, 0.15) is 0 Å². The molecule has 29 heavy (non-hydrogen) atoms. The van der Waals surface area contributed by atoms with Crippen LogP contribution in [0.25, 0.3) is 10.8 Å². The fourth-order valence-electron chi connectivity index (χ4n) is 3.61. The second-order valence-corrected chi connectivity index (χ2v) is 8.08. The summed E-state index contributed by atoms with van der Waals surface area (Å²) >= 11 is 18.0. The van der Waals surface area contributed by atoms with Crippen molar-refractivity contribution in [2.45, 2.75) is 19.8 Å². The van der Waals surface area contributed by atoms with E-state index in [4.69, 9.17) is 39.5 Å². The third kappa shape index (κ3) is 4.06. The zero-order chi connectivity index (χ0) is 20.5. The zero-order valence-corrected chi connectivity index (χ0v) is 17.8.